The van der Waals surface area contributed by atoms with Crippen molar-refractivity contribution in [3.05, 3.63) is 70.8 Å². The van der Waals surface area contributed by atoms with E-state index in [9.17, 15) is 8.78 Å². The molecule has 1 N–H and O–H groups in total. The quantitative estimate of drug-likeness (QED) is 0.879. The van der Waals surface area contributed by atoms with Crippen molar-refractivity contribution in [2.75, 3.05) is 0 Å². The predicted molar refractivity (Wildman–Crippen MR) is 75.4 cm³/mol. The van der Waals surface area contributed by atoms with Gasteiger partial charge in [0, 0.05) is 17.6 Å². The van der Waals surface area contributed by atoms with Gasteiger partial charge in [-0.25, -0.2) is 8.78 Å². The average molecular weight is 273 g/mol. The molecule has 0 saturated carbocycles. The topological polar surface area (TPSA) is 12.0 Å². The van der Waals surface area contributed by atoms with Crippen molar-refractivity contribution in [3.63, 3.8) is 0 Å². The number of benzene rings is 2. The molecule has 0 saturated heterocycles. The van der Waals surface area contributed by atoms with Gasteiger partial charge in [-0.1, -0.05) is 30.3 Å². The van der Waals surface area contributed by atoms with Crippen LogP contribution in [0.5, 0.6) is 0 Å². The molecule has 0 heterocycles. The van der Waals surface area contributed by atoms with Gasteiger partial charge < -0.3 is 5.32 Å². The Morgan fingerprint density at radius 2 is 1.80 bits per heavy atom. The molecule has 104 valence electrons. The van der Waals surface area contributed by atoms with E-state index >= 15 is 0 Å². The van der Waals surface area contributed by atoms with Gasteiger partial charge in [0.25, 0.3) is 0 Å². The summed E-state index contributed by atoms with van der Waals surface area (Å²) in [6, 6.07) is 12.0. The van der Waals surface area contributed by atoms with Gasteiger partial charge >= 0.3 is 0 Å². The van der Waals surface area contributed by atoms with E-state index in [0.717, 1.165) is 24.0 Å². The van der Waals surface area contributed by atoms with E-state index in [1.54, 1.807) is 18.2 Å². The van der Waals surface area contributed by atoms with Crippen molar-refractivity contribution in [2.45, 2.75) is 31.8 Å². The third-order valence-corrected chi connectivity index (χ3v) is 4.04. The van der Waals surface area contributed by atoms with Crippen LogP contribution >= 0.6 is 0 Å². The lowest BCUT2D eigenvalue weighted by molar-refractivity contribution is 0.450. The second kappa shape index (κ2) is 5.33. The van der Waals surface area contributed by atoms with Crippen molar-refractivity contribution in [3.8, 4) is 0 Å². The van der Waals surface area contributed by atoms with Gasteiger partial charge in [-0.2, -0.15) is 0 Å². The number of hydrogen-bond acceptors (Lipinski definition) is 1. The van der Waals surface area contributed by atoms with E-state index in [1.807, 2.05) is 19.1 Å². The highest BCUT2D eigenvalue weighted by Gasteiger charge is 2.26. The first kappa shape index (κ1) is 13.3. The summed E-state index contributed by atoms with van der Waals surface area (Å²) in [4.78, 5) is 0. The summed E-state index contributed by atoms with van der Waals surface area (Å²) in [6.45, 7) is 1.94. The Balaban J connectivity index is 1.81. The van der Waals surface area contributed by atoms with E-state index in [4.69, 9.17) is 0 Å². The summed E-state index contributed by atoms with van der Waals surface area (Å²) >= 11 is 0. The molecule has 0 amide bonds. The first-order valence-corrected chi connectivity index (χ1v) is 6.94. The molecule has 1 aliphatic rings. The lowest BCUT2D eigenvalue weighted by Crippen LogP contribution is -2.23. The summed E-state index contributed by atoms with van der Waals surface area (Å²) in [5.74, 6) is -0.338. The molecule has 2 aromatic rings. The maximum atomic E-state index is 13.8. The van der Waals surface area contributed by atoms with Crippen LogP contribution in [0, 0.1) is 11.6 Å². The van der Waals surface area contributed by atoms with Crippen LogP contribution in [0.15, 0.2) is 42.5 Å². The van der Waals surface area contributed by atoms with Gasteiger partial charge in [0.1, 0.15) is 11.6 Å². The molecular weight excluding hydrogens is 256 g/mol. The maximum absolute atomic E-state index is 13.8. The standard InChI is InChI=1S/C17H17F2N/c1-11(12-5-2-3-7-15(12)18)20-17-10-9-13-14(17)6-4-8-16(13)19/h2-8,11,17,20H,9-10H2,1H3/t11-,17?/m1/s1. The number of fused-ring (bicyclic) bond motifs is 1. The van der Waals surface area contributed by atoms with Gasteiger partial charge in [0.05, 0.1) is 0 Å². The molecule has 3 rings (SSSR count). The Morgan fingerprint density at radius 3 is 2.60 bits per heavy atom. The highest BCUT2D eigenvalue weighted by atomic mass is 19.1. The Morgan fingerprint density at radius 1 is 1.05 bits per heavy atom. The van der Waals surface area contributed by atoms with E-state index in [-0.39, 0.29) is 23.7 Å². The van der Waals surface area contributed by atoms with Gasteiger partial charge in [0.15, 0.2) is 0 Å². The number of nitrogens with one attached hydrogen (secondary N) is 1. The van der Waals surface area contributed by atoms with Crippen molar-refractivity contribution >= 4 is 0 Å². The summed E-state index contributed by atoms with van der Waals surface area (Å²) in [7, 11) is 0. The zero-order chi connectivity index (χ0) is 14.1. The average Bonchev–Trinajstić information content (AvgIpc) is 2.84. The van der Waals surface area contributed by atoms with Gasteiger partial charge in [-0.15, -0.1) is 0 Å². The normalized spacial score (nSPS) is 18.9. The Hall–Kier alpha value is -1.74. The van der Waals surface area contributed by atoms with Crippen molar-refractivity contribution < 1.29 is 8.78 Å². The number of hydrogen-bond donors (Lipinski definition) is 1. The molecule has 0 aromatic heterocycles. The SMILES string of the molecule is C[C@@H](NC1CCc2c(F)cccc21)c1ccccc1F. The van der Waals surface area contributed by atoms with E-state index in [2.05, 4.69) is 5.32 Å². The van der Waals surface area contributed by atoms with Gasteiger partial charge in [0.2, 0.25) is 0 Å². The van der Waals surface area contributed by atoms with Crippen LogP contribution < -0.4 is 5.32 Å². The van der Waals surface area contributed by atoms with Crippen LogP contribution in [0.3, 0.4) is 0 Å². The molecule has 1 unspecified atom stereocenters. The first-order valence-electron chi connectivity index (χ1n) is 6.94. The van der Waals surface area contributed by atoms with Crippen molar-refractivity contribution in [1.29, 1.82) is 0 Å². The predicted octanol–water partition coefficient (Wildman–Crippen LogP) is 4.30. The summed E-state index contributed by atoms with van der Waals surface area (Å²) < 4.78 is 27.5. The molecule has 1 nitrogen and oxygen atoms in total. The monoisotopic (exact) mass is 273 g/mol. The molecular formula is C17H17F2N. The Labute approximate surface area is 117 Å². The second-order valence-corrected chi connectivity index (χ2v) is 5.31. The summed E-state index contributed by atoms with van der Waals surface area (Å²) in [5.41, 5.74) is 2.45. The minimum absolute atomic E-state index is 0.0929. The fourth-order valence-electron chi connectivity index (χ4n) is 3.00. The second-order valence-electron chi connectivity index (χ2n) is 5.31. The molecule has 2 atom stereocenters. The van der Waals surface area contributed by atoms with Crippen LogP contribution in [-0.2, 0) is 6.42 Å². The Kier molecular flexibility index (Phi) is 3.53. The molecule has 0 bridgehead atoms. The van der Waals surface area contributed by atoms with Gasteiger partial charge in [-0.3, -0.25) is 0 Å². The minimum atomic E-state index is -0.204. The van der Waals surface area contributed by atoms with Crippen LogP contribution in [0.25, 0.3) is 0 Å². The molecule has 0 fully saturated rings. The smallest absolute Gasteiger partial charge is 0.127 e. The van der Waals surface area contributed by atoms with Crippen molar-refractivity contribution in [1.82, 2.24) is 5.32 Å². The highest BCUT2D eigenvalue weighted by molar-refractivity contribution is 5.36. The van der Waals surface area contributed by atoms with Crippen molar-refractivity contribution in [2.24, 2.45) is 0 Å². The van der Waals surface area contributed by atoms with Crippen LogP contribution in [-0.4, -0.2) is 0 Å². The molecule has 3 heteroatoms. The zero-order valence-corrected chi connectivity index (χ0v) is 11.4. The third-order valence-electron chi connectivity index (χ3n) is 4.04. The fourth-order valence-corrected chi connectivity index (χ4v) is 3.00. The zero-order valence-electron chi connectivity index (χ0n) is 11.4. The third kappa shape index (κ3) is 2.34. The maximum Gasteiger partial charge on any atom is 0.127 e. The minimum Gasteiger partial charge on any atom is -0.303 e. The van der Waals surface area contributed by atoms with E-state index < -0.39 is 0 Å². The molecule has 0 radical (unpaired) electrons. The lowest BCUT2D eigenvalue weighted by atomic mass is 10.0. The van der Waals surface area contributed by atoms with Gasteiger partial charge in [-0.05, 0) is 43.0 Å². The Bertz CT molecular complexity index is 624. The molecule has 1 aliphatic carbocycles. The summed E-state index contributed by atoms with van der Waals surface area (Å²) in [6.07, 6.45) is 1.60. The van der Waals surface area contributed by atoms with E-state index in [1.165, 1.54) is 12.1 Å². The van der Waals surface area contributed by atoms with Crippen LogP contribution in [0.4, 0.5) is 8.78 Å². The number of halogens is 2. The molecule has 0 spiro atoms. The first-order chi connectivity index (χ1) is 9.66. The summed E-state index contributed by atoms with van der Waals surface area (Å²) in [5, 5.41) is 3.41. The van der Waals surface area contributed by atoms with Crippen LogP contribution in [0.2, 0.25) is 0 Å². The lowest BCUT2D eigenvalue weighted by Gasteiger charge is -2.21. The molecule has 20 heavy (non-hydrogen) atoms. The highest BCUT2D eigenvalue weighted by Crippen LogP contribution is 2.34. The van der Waals surface area contributed by atoms with Crippen LogP contribution in [0.1, 0.15) is 42.1 Å². The van der Waals surface area contributed by atoms with E-state index in [0.29, 0.717) is 5.56 Å². The molecule has 2 aromatic carbocycles. The number of rotatable bonds is 3. The largest absolute Gasteiger partial charge is 0.303 e. The molecule has 0 aliphatic heterocycles. The fraction of sp³-hybridized carbons (Fsp3) is 0.294.